The molecule has 4 nitrogen and oxygen atoms in total. The molecule has 1 unspecified atom stereocenters. The van der Waals surface area contributed by atoms with E-state index >= 15 is 0 Å². The van der Waals surface area contributed by atoms with Crippen LogP contribution in [0.15, 0.2) is 52.3 Å². The highest BCUT2D eigenvalue weighted by atomic mass is 32.1. The molecular weight excluding hydrogens is 397 g/mol. The van der Waals surface area contributed by atoms with Gasteiger partial charge in [-0.1, -0.05) is 31.6 Å². The second kappa shape index (κ2) is 10.7. The molecule has 0 amide bonds. The van der Waals surface area contributed by atoms with E-state index in [0.29, 0.717) is 11.3 Å². The van der Waals surface area contributed by atoms with E-state index in [1.807, 2.05) is 32.9 Å². The second-order valence-corrected chi connectivity index (χ2v) is 8.31. The number of aliphatic imine (C=N–C) groups is 1. The van der Waals surface area contributed by atoms with E-state index in [1.165, 1.54) is 17.7 Å². The number of aryl methyl sites for hydroxylation is 2. The van der Waals surface area contributed by atoms with E-state index in [1.54, 1.807) is 0 Å². The minimum absolute atomic E-state index is 0.0309. The van der Waals surface area contributed by atoms with Crippen LogP contribution in [0.1, 0.15) is 37.5 Å². The van der Waals surface area contributed by atoms with Gasteiger partial charge in [-0.3, -0.25) is 5.41 Å². The summed E-state index contributed by atoms with van der Waals surface area (Å²) in [7, 11) is 2.12. The number of nitrogens with one attached hydrogen (secondary N) is 1. The van der Waals surface area contributed by atoms with Crippen LogP contribution < -0.4 is 4.74 Å². The highest BCUT2D eigenvalue weighted by Crippen LogP contribution is 2.25. The van der Waals surface area contributed by atoms with E-state index in [2.05, 4.69) is 49.5 Å². The SMILES string of the molecule is CCN(C)CCc1cc(C)c(OC([SH2+])=NC(=N)C2=CC(C)C(C)=CC(F)=C2)cc1C. The standard InChI is InChI=1S/C24H32FN3OS/c1-7-28(6)9-8-19-11-18(5)22(13-17(19)4)29-24(30)27-23(26)20-10-15(2)16(3)12-21(25)14-20/h10-15H,7-9H2,1-6H3,(H2,26,27,30)/p+1. The Morgan fingerprint density at radius 2 is 1.93 bits per heavy atom. The molecule has 1 atom stereocenters. The van der Waals surface area contributed by atoms with Crippen LogP contribution in [0.25, 0.3) is 0 Å². The number of benzene rings is 1. The molecule has 30 heavy (non-hydrogen) atoms. The van der Waals surface area contributed by atoms with E-state index in [-0.39, 0.29) is 22.8 Å². The number of halogens is 1. The van der Waals surface area contributed by atoms with Crippen molar-refractivity contribution < 1.29 is 9.13 Å². The van der Waals surface area contributed by atoms with Gasteiger partial charge in [0.05, 0.1) is 12.6 Å². The average molecular weight is 431 g/mol. The van der Waals surface area contributed by atoms with Gasteiger partial charge in [-0.15, -0.1) is 4.99 Å². The number of likely N-dealkylation sites (N-methyl/N-ethyl adjacent to an activating group) is 1. The Balaban J connectivity index is 2.15. The first-order valence-corrected chi connectivity index (χ1v) is 10.7. The summed E-state index contributed by atoms with van der Waals surface area (Å²) in [6.07, 6.45) is 5.63. The predicted molar refractivity (Wildman–Crippen MR) is 129 cm³/mol. The first-order chi connectivity index (χ1) is 14.1. The number of nitrogens with zero attached hydrogens (tertiary/aromatic N) is 2. The summed E-state index contributed by atoms with van der Waals surface area (Å²) in [4.78, 5) is 6.46. The molecule has 1 aromatic rings. The zero-order valence-corrected chi connectivity index (χ0v) is 19.8. The molecule has 1 N–H and O–H groups in total. The maximum absolute atomic E-state index is 14.0. The van der Waals surface area contributed by atoms with Crippen LogP contribution in [0, 0.1) is 25.2 Å². The molecule has 0 radical (unpaired) electrons. The van der Waals surface area contributed by atoms with Gasteiger partial charge in [0, 0.05) is 12.1 Å². The minimum atomic E-state index is -0.379. The van der Waals surface area contributed by atoms with Gasteiger partial charge in [-0.25, -0.2) is 4.39 Å². The Hall–Kier alpha value is -2.18. The average Bonchev–Trinajstić information content (AvgIpc) is 2.80. The van der Waals surface area contributed by atoms with Gasteiger partial charge in [0.15, 0.2) is 5.84 Å². The molecule has 1 aliphatic carbocycles. The first-order valence-electron chi connectivity index (χ1n) is 10.2. The molecule has 162 valence electrons. The molecule has 0 heterocycles. The quantitative estimate of drug-likeness (QED) is 0.397. The molecule has 0 aromatic heterocycles. The predicted octanol–water partition coefficient (Wildman–Crippen LogP) is 4.90. The van der Waals surface area contributed by atoms with Crippen molar-refractivity contribution in [1.29, 1.82) is 5.41 Å². The summed E-state index contributed by atoms with van der Waals surface area (Å²) < 4.78 is 19.8. The molecule has 6 heteroatoms. The molecule has 1 aromatic carbocycles. The Labute approximate surface area is 185 Å². The highest BCUT2D eigenvalue weighted by Gasteiger charge is 2.15. The topological polar surface area (TPSA) is 48.7 Å². The maximum Gasteiger partial charge on any atom is 0.414 e. The summed E-state index contributed by atoms with van der Waals surface area (Å²) >= 11 is 3.36. The summed E-state index contributed by atoms with van der Waals surface area (Å²) in [5.74, 6) is 0.279. The normalized spacial score (nSPS) is 17.3. The van der Waals surface area contributed by atoms with E-state index in [9.17, 15) is 4.39 Å². The number of allylic oxidation sites excluding steroid dienone is 4. The highest BCUT2D eigenvalue weighted by molar-refractivity contribution is 7.77. The van der Waals surface area contributed by atoms with Crippen molar-refractivity contribution in [3.8, 4) is 5.75 Å². The summed E-state index contributed by atoms with van der Waals surface area (Å²) in [5.41, 5.74) is 4.78. The fraction of sp³-hybridized carbons (Fsp3) is 0.417. The zero-order chi connectivity index (χ0) is 22.4. The van der Waals surface area contributed by atoms with Crippen LogP contribution in [0.4, 0.5) is 4.39 Å². The van der Waals surface area contributed by atoms with Crippen molar-refractivity contribution in [2.75, 3.05) is 20.1 Å². The van der Waals surface area contributed by atoms with Crippen LogP contribution in [-0.2, 0) is 19.0 Å². The molecule has 1 aliphatic rings. The Morgan fingerprint density at radius 1 is 1.23 bits per heavy atom. The first kappa shape index (κ1) is 24.1. The van der Waals surface area contributed by atoms with Gasteiger partial charge >= 0.3 is 5.23 Å². The monoisotopic (exact) mass is 430 g/mol. The lowest BCUT2D eigenvalue weighted by Crippen LogP contribution is -2.20. The third-order valence-electron chi connectivity index (χ3n) is 5.44. The van der Waals surface area contributed by atoms with Crippen LogP contribution in [-0.4, -0.2) is 36.1 Å². The van der Waals surface area contributed by atoms with Crippen molar-refractivity contribution in [1.82, 2.24) is 4.90 Å². The van der Waals surface area contributed by atoms with Gasteiger partial charge in [0.1, 0.15) is 11.6 Å². The van der Waals surface area contributed by atoms with Gasteiger partial charge in [-0.2, -0.15) is 0 Å². The van der Waals surface area contributed by atoms with Crippen LogP contribution in [0.3, 0.4) is 0 Å². The van der Waals surface area contributed by atoms with Crippen molar-refractivity contribution in [3.05, 3.63) is 64.0 Å². The lowest BCUT2D eigenvalue weighted by molar-refractivity contribution is 0.357. The number of amidine groups is 1. The van der Waals surface area contributed by atoms with Crippen molar-refractivity contribution in [2.24, 2.45) is 10.9 Å². The van der Waals surface area contributed by atoms with Crippen molar-refractivity contribution in [3.63, 3.8) is 0 Å². The van der Waals surface area contributed by atoms with Gasteiger partial charge in [-0.05, 0) is 81.6 Å². The molecule has 0 bridgehead atoms. The van der Waals surface area contributed by atoms with Gasteiger partial charge in [0.2, 0.25) is 0 Å². The third kappa shape index (κ3) is 6.67. The largest absolute Gasteiger partial charge is 0.414 e. The molecule has 0 saturated carbocycles. The Morgan fingerprint density at radius 3 is 2.60 bits per heavy atom. The summed E-state index contributed by atoms with van der Waals surface area (Å²) in [5, 5.41) is 8.42. The molecule has 0 aliphatic heterocycles. The smallest absolute Gasteiger partial charge is 0.402 e. The number of rotatable bonds is 6. The van der Waals surface area contributed by atoms with Crippen molar-refractivity contribution in [2.45, 2.75) is 41.0 Å². The van der Waals surface area contributed by atoms with Crippen LogP contribution in [0.2, 0.25) is 0 Å². The number of hydrogen-bond donors (Lipinski definition) is 1. The van der Waals surface area contributed by atoms with E-state index in [4.69, 9.17) is 10.1 Å². The van der Waals surface area contributed by atoms with Crippen LogP contribution >= 0.6 is 0 Å². The molecule has 0 spiro atoms. The fourth-order valence-electron chi connectivity index (χ4n) is 3.13. The lowest BCUT2D eigenvalue weighted by atomic mass is 10.0. The van der Waals surface area contributed by atoms with Gasteiger partial charge < -0.3 is 9.64 Å². The number of hydrogen-bond acceptors (Lipinski definition) is 3. The van der Waals surface area contributed by atoms with Crippen LogP contribution in [0.5, 0.6) is 5.75 Å². The van der Waals surface area contributed by atoms with E-state index < -0.39 is 0 Å². The molecule has 0 saturated heterocycles. The molecule has 2 rings (SSSR count). The molecule has 0 fully saturated rings. The zero-order valence-electron chi connectivity index (χ0n) is 18.8. The summed E-state index contributed by atoms with van der Waals surface area (Å²) in [6, 6.07) is 4.14. The summed E-state index contributed by atoms with van der Waals surface area (Å²) in [6.45, 7) is 12.1. The van der Waals surface area contributed by atoms with Crippen molar-refractivity contribution >= 4 is 23.7 Å². The fourth-order valence-corrected chi connectivity index (χ4v) is 3.35. The minimum Gasteiger partial charge on any atom is -0.402 e. The Kier molecular flexibility index (Phi) is 8.62. The van der Waals surface area contributed by atoms with Gasteiger partial charge in [0.25, 0.3) is 0 Å². The lowest BCUT2D eigenvalue weighted by Gasteiger charge is -2.16. The van der Waals surface area contributed by atoms with E-state index in [0.717, 1.165) is 36.2 Å². The Bertz CT molecular complexity index is 931. The number of ether oxygens (including phenoxy) is 1. The third-order valence-corrected chi connectivity index (χ3v) is 5.65. The maximum atomic E-state index is 14.0. The second-order valence-electron chi connectivity index (χ2n) is 7.89. The molecular formula is C24H33FN3OS+.